The summed E-state index contributed by atoms with van der Waals surface area (Å²) in [7, 11) is 1.41. The van der Waals surface area contributed by atoms with Crippen molar-refractivity contribution in [1.29, 1.82) is 0 Å². The molecule has 130 valence electrons. The smallest absolute Gasteiger partial charge is 0.386 e. The van der Waals surface area contributed by atoms with Crippen LogP contribution in [0.2, 0.25) is 5.02 Å². The van der Waals surface area contributed by atoms with Gasteiger partial charge >= 0.3 is 12.2 Å². The van der Waals surface area contributed by atoms with Crippen LogP contribution >= 0.6 is 22.9 Å². The molecule has 2 aromatic rings. The molecular formula is C14H14ClF3N4OS. The van der Waals surface area contributed by atoms with E-state index < -0.39 is 17.8 Å². The van der Waals surface area contributed by atoms with Crippen molar-refractivity contribution in [3.63, 3.8) is 0 Å². The number of rotatable bonds is 4. The van der Waals surface area contributed by atoms with Crippen molar-refractivity contribution in [2.75, 3.05) is 17.4 Å². The number of nitrogens with one attached hydrogen (secondary N) is 2. The average molecular weight is 379 g/mol. The Morgan fingerprint density at radius 1 is 1.42 bits per heavy atom. The molecule has 5 nitrogen and oxygen atoms in total. The second-order valence-electron chi connectivity index (χ2n) is 4.71. The second kappa shape index (κ2) is 7.29. The Balaban J connectivity index is 2.24. The number of anilines is 2. The molecule has 0 spiro atoms. The van der Waals surface area contributed by atoms with Gasteiger partial charge < -0.3 is 10.6 Å². The number of carbonyl (C=O) groups is 1. The Morgan fingerprint density at radius 3 is 2.67 bits per heavy atom. The van der Waals surface area contributed by atoms with Crippen molar-refractivity contribution in [3.8, 4) is 0 Å². The van der Waals surface area contributed by atoms with Crippen molar-refractivity contribution in [1.82, 2.24) is 5.32 Å². The molecular weight excluding hydrogens is 365 g/mol. The minimum Gasteiger partial charge on any atom is -0.386 e. The van der Waals surface area contributed by atoms with Crippen LogP contribution in [0.25, 0.3) is 0 Å². The maximum Gasteiger partial charge on any atom is 0.416 e. The molecule has 2 rings (SSSR count). The lowest BCUT2D eigenvalue weighted by atomic mass is 10.1. The first kappa shape index (κ1) is 18.4. The van der Waals surface area contributed by atoms with Gasteiger partial charge in [-0.15, -0.1) is 11.3 Å². The maximum absolute atomic E-state index is 12.8. The molecule has 0 atom stereocenters. The Bertz CT molecular complexity index is 722. The van der Waals surface area contributed by atoms with Crippen molar-refractivity contribution < 1.29 is 18.0 Å². The molecule has 0 unspecified atom stereocenters. The van der Waals surface area contributed by atoms with Crippen LogP contribution in [0.1, 0.15) is 10.4 Å². The highest BCUT2D eigenvalue weighted by atomic mass is 35.5. The maximum atomic E-state index is 12.8. The van der Waals surface area contributed by atoms with Gasteiger partial charge in [0.25, 0.3) is 0 Å². The summed E-state index contributed by atoms with van der Waals surface area (Å²) in [5.74, 6) is 5.73. The SMILES string of the molecule is CNc1cc(C(F)(F)F)cc(Cl)c1N(N)C(=O)NCc1cccs1. The summed E-state index contributed by atoms with van der Waals surface area (Å²) in [6, 6.07) is 4.54. The molecule has 0 fully saturated rings. The average Bonchev–Trinajstić information content (AvgIpc) is 3.03. The van der Waals surface area contributed by atoms with Crippen LogP contribution in [0, 0.1) is 0 Å². The van der Waals surface area contributed by atoms with Gasteiger partial charge in [0.1, 0.15) is 5.69 Å². The normalized spacial score (nSPS) is 11.2. The van der Waals surface area contributed by atoms with Gasteiger partial charge in [0.05, 0.1) is 22.8 Å². The lowest BCUT2D eigenvalue weighted by molar-refractivity contribution is -0.137. The largest absolute Gasteiger partial charge is 0.416 e. The Morgan fingerprint density at radius 2 is 2.12 bits per heavy atom. The van der Waals surface area contributed by atoms with Gasteiger partial charge in [-0.05, 0) is 23.6 Å². The summed E-state index contributed by atoms with van der Waals surface area (Å²) >= 11 is 7.37. The number of carbonyl (C=O) groups excluding carboxylic acids is 1. The van der Waals surface area contributed by atoms with Crippen molar-refractivity contribution in [2.45, 2.75) is 12.7 Å². The zero-order valence-electron chi connectivity index (χ0n) is 12.4. The molecule has 0 bridgehead atoms. The van der Waals surface area contributed by atoms with E-state index in [1.807, 2.05) is 17.5 Å². The van der Waals surface area contributed by atoms with Gasteiger partial charge in [-0.1, -0.05) is 17.7 Å². The van der Waals surface area contributed by atoms with Crippen LogP contribution in [-0.4, -0.2) is 13.1 Å². The van der Waals surface area contributed by atoms with Crippen LogP contribution in [0.15, 0.2) is 29.6 Å². The molecule has 0 saturated heterocycles. The lowest BCUT2D eigenvalue weighted by Crippen LogP contribution is -2.45. The summed E-state index contributed by atoms with van der Waals surface area (Å²) < 4.78 is 38.5. The molecule has 1 aromatic carbocycles. The first-order valence-corrected chi connectivity index (χ1v) is 7.93. The summed E-state index contributed by atoms with van der Waals surface area (Å²) in [6.07, 6.45) is -4.56. The van der Waals surface area contributed by atoms with Crippen LogP contribution in [0.5, 0.6) is 0 Å². The van der Waals surface area contributed by atoms with E-state index in [2.05, 4.69) is 10.6 Å². The number of amides is 2. The lowest BCUT2D eigenvalue weighted by Gasteiger charge is -2.23. The fourth-order valence-corrected chi connectivity index (χ4v) is 2.92. The monoisotopic (exact) mass is 378 g/mol. The molecule has 0 saturated carbocycles. The number of nitrogens with two attached hydrogens (primary N) is 1. The number of alkyl halides is 3. The van der Waals surface area contributed by atoms with E-state index in [0.29, 0.717) is 5.01 Å². The Kier molecular flexibility index (Phi) is 5.58. The summed E-state index contributed by atoms with van der Waals surface area (Å²) in [5.41, 5.74) is -0.993. The van der Waals surface area contributed by atoms with Crippen molar-refractivity contribution in [3.05, 3.63) is 45.1 Å². The Hall–Kier alpha value is -1.97. The zero-order chi connectivity index (χ0) is 17.9. The third kappa shape index (κ3) is 4.11. The summed E-state index contributed by atoms with van der Waals surface area (Å²) in [5, 5.41) is 7.39. The molecule has 2 amide bonds. The minimum atomic E-state index is -4.56. The number of urea groups is 1. The van der Waals surface area contributed by atoms with E-state index in [4.69, 9.17) is 17.4 Å². The van der Waals surface area contributed by atoms with Crippen molar-refractivity contribution >= 4 is 40.3 Å². The van der Waals surface area contributed by atoms with E-state index in [0.717, 1.165) is 17.0 Å². The van der Waals surface area contributed by atoms with Gasteiger partial charge in [0.2, 0.25) is 0 Å². The van der Waals surface area contributed by atoms with Crippen LogP contribution in [0.3, 0.4) is 0 Å². The number of hydrazine groups is 1. The predicted molar refractivity (Wildman–Crippen MR) is 89.2 cm³/mol. The van der Waals surface area contributed by atoms with Crippen LogP contribution < -0.4 is 21.5 Å². The number of hydrogen-bond acceptors (Lipinski definition) is 4. The van der Waals surface area contributed by atoms with Gasteiger partial charge in [-0.2, -0.15) is 13.2 Å². The highest BCUT2D eigenvalue weighted by Crippen LogP contribution is 2.39. The molecule has 0 aliphatic carbocycles. The highest BCUT2D eigenvalue weighted by Gasteiger charge is 2.33. The third-order valence-electron chi connectivity index (χ3n) is 3.11. The molecule has 1 aromatic heterocycles. The quantitative estimate of drug-likeness (QED) is 0.427. The topological polar surface area (TPSA) is 70.4 Å². The standard InChI is InChI=1S/C14H14ClF3N4OS/c1-20-11-6-8(14(16,17)18)5-10(15)12(11)22(19)13(23)21-7-9-3-2-4-24-9/h2-6,20H,7,19H2,1H3,(H,21,23). The summed E-state index contributed by atoms with van der Waals surface area (Å²) in [6.45, 7) is 0.247. The van der Waals surface area contributed by atoms with Gasteiger partial charge in [0.15, 0.2) is 0 Å². The second-order valence-corrected chi connectivity index (χ2v) is 6.15. The molecule has 0 aliphatic heterocycles. The van der Waals surface area contributed by atoms with Gasteiger partial charge in [-0.3, -0.25) is 0 Å². The van der Waals surface area contributed by atoms with Gasteiger partial charge in [-0.25, -0.2) is 15.6 Å². The third-order valence-corrected chi connectivity index (χ3v) is 4.28. The number of hydrogen-bond donors (Lipinski definition) is 3. The highest BCUT2D eigenvalue weighted by molar-refractivity contribution is 7.09. The minimum absolute atomic E-state index is 0.0106. The first-order chi connectivity index (χ1) is 11.2. The zero-order valence-corrected chi connectivity index (χ0v) is 14.0. The molecule has 0 aliphatic rings. The van der Waals surface area contributed by atoms with E-state index in [1.165, 1.54) is 18.4 Å². The van der Waals surface area contributed by atoms with Crippen LogP contribution in [-0.2, 0) is 12.7 Å². The molecule has 10 heteroatoms. The molecule has 4 N–H and O–H groups in total. The van der Waals surface area contributed by atoms with E-state index in [9.17, 15) is 18.0 Å². The van der Waals surface area contributed by atoms with E-state index in [1.54, 1.807) is 0 Å². The Labute approximate surface area is 145 Å². The molecule has 24 heavy (non-hydrogen) atoms. The molecule has 1 heterocycles. The van der Waals surface area contributed by atoms with Crippen molar-refractivity contribution in [2.24, 2.45) is 5.84 Å². The first-order valence-electron chi connectivity index (χ1n) is 6.67. The fraction of sp³-hybridized carbons (Fsp3) is 0.214. The number of thiophene rings is 1. The number of benzene rings is 1. The predicted octanol–water partition coefficient (Wildman–Crippen LogP) is 4.05. The molecule has 0 radical (unpaired) electrons. The van der Waals surface area contributed by atoms with E-state index >= 15 is 0 Å². The summed E-state index contributed by atoms with van der Waals surface area (Å²) in [4.78, 5) is 13.0. The van der Waals surface area contributed by atoms with Crippen LogP contribution in [0.4, 0.5) is 29.3 Å². The van der Waals surface area contributed by atoms with E-state index in [-0.39, 0.29) is 22.9 Å². The number of halogens is 4. The fourth-order valence-electron chi connectivity index (χ4n) is 1.96. The van der Waals surface area contributed by atoms with Gasteiger partial charge in [0, 0.05) is 11.9 Å². The number of nitrogens with zero attached hydrogens (tertiary/aromatic N) is 1.